The number of anilines is 1. The van der Waals surface area contributed by atoms with Gasteiger partial charge in [-0.2, -0.15) is 0 Å². The molecule has 2 N–H and O–H groups in total. The van der Waals surface area contributed by atoms with Crippen LogP contribution in [0.1, 0.15) is 46.1 Å². The molecule has 0 aromatic heterocycles. The first kappa shape index (κ1) is 17.0. The maximum Gasteiger partial charge on any atom is 0.323 e. The topological polar surface area (TPSA) is 69.6 Å². The summed E-state index contributed by atoms with van der Waals surface area (Å²) in [5.41, 5.74) is 1.17. The SMILES string of the molecule is CC(C)c1ccccc1NC(=O)N(CC(=O)O)C(C)(C)C. The second-order valence-electron chi connectivity index (χ2n) is 6.32. The Morgan fingerprint density at radius 1 is 1.24 bits per heavy atom. The van der Waals surface area contributed by atoms with Crippen LogP contribution in [0, 0.1) is 0 Å². The lowest BCUT2D eigenvalue weighted by molar-refractivity contribution is -0.138. The van der Waals surface area contributed by atoms with Crippen molar-refractivity contribution in [2.24, 2.45) is 0 Å². The number of hydrogen-bond acceptors (Lipinski definition) is 2. The van der Waals surface area contributed by atoms with Crippen LogP contribution in [-0.4, -0.2) is 34.1 Å². The van der Waals surface area contributed by atoms with Crippen LogP contribution in [0.4, 0.5) is 10.5 Å². The first-order valence-electron chi connectivity index (χ1n) is 7.02. The lowest BCUT2D eigenvalue weighted by Gasteiger charge is -2.34. The number of nitrogens with zero attached hydrogens (tertiary/aromatic N) is 1. The summed E-state index contributed by atoms with van der Waals surface area (Å²) in [6, 6.07) is 7.15. The number of urea groups is 1. The van der Waals surface area contributed by atoms with Gasteiger partial charge in [0.25, 0.3) is 0 Å². The first-order chi connectivity index (χ1) is 9.62. The highest BCUT2D eigenvalue weighted by atomic mass is 16.4. The van der Waals surface area contributed by atoms with E-state index in [-0.39, 0.29) is 12.5 Å². The Balaban J connectivity index is 3.00. The zero-order valence-electron chi connectivity index (χ0n) is 13.3. The lowest BCUT2D eigenvalue weighted by atomic mass is 10.0. The number of carboxylic acids is 1. The van der Waals surface area contributed by atoms with E-state index in [2.05, 4.69) is 5.32 Å². The van der Waals surface area contributed by atoms with E-state index < -0.39 is 17.5 Å². The van der Waals surface area contributed by atoms with Crippen molar-refractivity contribution >= 4 is 17.7 Å². The maximum absolute atomic E-state index is 12.4. The van der Waals surface area contributed by atoms with Crippen molar-refractivity contribution in [3.05, 3.63) is 29.8 Å². The smallest absolute Gasteiger partial charge is 0.323 e. The van der Waals surface area contributed by atoms with Crippen molar-refractivity contribution in [1.29, 1.82) is 0 Å². The average molecular weight is 292 g/mol. The molecular formula is C16H24N2O3. The largest absolute Gasteiger partial charge is 0.480 e. The van der Waals surface area contributed by atoms with Gasteiger partial charge in [-0.3, -0.25) is 4.79 Å². The molecule has 0 radical (unpaired) electrons. The van der Waals surface area contributed by atoms with Crippen molar-refractivity contribution in [2.75, 3.05) is 11.9 Å². The van der Waals surface area contributed by atoms with Gasteiger partial charge in [-0.25, -0.2) is 4.79 Å². The zero-order chi connectivity index (χ0) is 16.2. The third kappa shape index (κ3) is 4.77. The van der Waals surface area contributed by atoms with E-state index in [0.717, 1.165) is 11.3 Å². The summed E-state index contributed by atoms with van der Waals surface area (Å²) in [6.07, 6.45) is 0. The highest BCUT2D eigenvalue weighted by Gasteiger charge is 2.28. The highest BCUT2D eigenvalue weighted by molar-refractivity contribution is 5.92. The van der Waals surface area contributed by atoms with Gasteiger partial charge in [-0.05, 0) is 38.3 Å². The van der Waals surface area contributed by atoms with E-state index in [4.69, 9.17) is 5.11 Å². The number of carbonyl (C=O) groups is 2. The van der Waals surface area contributed by atoms with Crippen LogP contribution in [-0.2, 0) is 4.79 Å². The number of benzene rings is 1. The lowest BCUT2D eigenvalue weighted by Crippen LogP contribution is -2.50. The number of hydrogen-bond donors (Lipinski definition) is 2. The van der Waals surface area contributed by atoms with E-state index in [0.29, 0.717) is 0 Å². The number of para-hydroxylation sites is 1. The van der Waals surface area contributed by atoms with E-state index in [9.17, 15) is 9.59 Å². The average Bonchev–Trinajstić information content (AvgIpc) is 2.34. The van der Waals surface area contributed by atoms with Gasteiger partial charge in [0.2, 0.25) is 0 Å². The van der Waals surface area contributed by atoms with Crippen LogP contribution >= 0.6 is 0 Å². The maximum atomic E-state index is 12.4. The number of aliphatic carboxylic acids is 1. The van der Waals surface area contributed by atoms with Crippen LogP contribution in [0.15, 0.2) is 24.3 Å². The fourth-order valence-corrected chi connectivity index (χ4v) is 2.05. The summed E-state index contributed by atoms with van der Waals surface area (Å²) in [4.78, 5) is 24.7. The molecule has 0 saturated carbocycles. The van der Waals surface area contributed by atoms with Crippen LogP contribution in [0.2, 0.25) is 0 Å². The molecule has 0 aliphatic carbocycles. The quantitative estimate of drug-likeness (QED) is 0.892. The van der Waals surface area contributed by atoms with E-state index >= 15 is 0 Å². The van der Waals surface area contributed by atoms with Crippen LogP contribution in [0.5, 0.6) is 0 Å². The van der Waals surface area contributed by atoms with Crippen molar-refractivity contribution in [1.82, 2.24) is 4.90 Å². The second kappa shape index (κ2) is 6.61. The molecule has 2 amide bonds. The first-order valence-corrected chi connectivity index (χ1v) is 7.02. The van der Waals surface area contributed by atoms with Crippen LogP contribution < -0.4 is 5.32 Å². The minimum Gasteiger partial charge on any atom is -0.480 e. The molecule has 1 rings (SSSR count). The van der Waals surface area contributed by atoms with Gasteiger partial charge in [-0.15, -0.1) is 0 Å². The van der Waals surface area contributed by atoms with Gasteiger partial charge in [0.15, 0.2) is 0 Å². The third-order valence-corrected chi connectivity index (χ3v) is 3.17. The van der Waals surface area contributed by atoms with Gasteiger partial charge >= 0.3 is 12.0 Å². The Morgan fingerprint density at radius 2 is 1.81 bits per heavy atom. The molecule has 1 aromatic carbocycles. The molecule has 0 saturated heterocycles. The summed E-state index contributed by atoms with van der Waals surface area (Å²) < 4.78 is 0. The van der Waals surface area contributed by atoms with E-state index in [1.807, 2.05) is 58.9 Å². The molecule has 0 atom stereocenters. The van der Waals surface area contributed by atoms with E-state index in [1.165, 1.54) is 4.90 Å². The molecule has 5 heteroatoms. The summed E-state index contributed by atoms with van der Waals surface area (Å²) in [7, 11) is 0. The molecule has 0 fully saturated rings. The van der Waals surface area contributed by atoms with Gasteiger partial charge in [0.05, 0.1) is 0 Å². The molecule has 0 unspecified atom stereocenters. The Hall–Kier alpha value is -2.04. The molecule has 5 nitrogen and oxygen atoms in total. The molecule has 21 heavy (non-hydrogen) atoms. The third-order valence-electron chi connectivity index (χ3n) is 3.17. The Kier molecular flexibility index (Phi) is 5.35. The Morgan fingerprint density at radius 3 is 2.29 bits per heavy atom. The van der Waals surface area contributed by atoms with Gasteiger partial charge in [-0.1, -0.05) is 32.0 Å². The molecule has 0 bridgehead atoms. The molecule has 1 aromatic rings. The molecule has 0 heterocycles. The highest BCUT2D eigenvalue weighted by Crippen LogP contribution is 2.25. The Labute approximate surface area is 126 Å². The summed E-state index contributed by atoms with van der Waals surface area (Å²) in [6.45, 7) is 9.18. The predicted molar refractivity (Wildman–Crippen MR) is 83.6 cm³/mol. The molecule has 0 spiro atoms. The summed E-state index contributed by atoms with van der Waals surface area (Å²) in [5, 5.41) is 11.8. The van der Waals surface area contributed by atoms with Crippen molar-refractivity contribution in [2.45, 2.75) is 46.1 Å². The minimum atomic E-state index is -1.03. The molecule has 116 valence electrons. The predicted octanol–water partition coefficient (Wildman–Crippen LogP) is 3.53. The molecular weight excluding hydrogens is 268 g/mol. The van der Waals surface area contributed by atoms with Gasteiger partial charge in [0.1, 0.15) is 6.54 Å². The number of nitrogens with one attached hydrogen (secondary N) is 1. The molecule has 0 aliphatic heterocycles. The number of rotatable bonds is 4. The van der Waals surface area contributed by atoms with Gasteiger partial charge in [0, 0.05) is 11.2 Å². The van der Waals surface area contributed by atoms with Crippen molar-refractivity contribution < 1.29 is 14.7 Å². The summed E-state index contributed by atoms with van der Waals surface area (Å²) >= 11 is 0. The number of amides is 2. The second-order valence-corrected chi connectivity index (χ2v) is 6.32. The van der Waals surface area contributed by atoms with Crippen molar-refractivity contribution in [3.8, 4) is 0 Å². The zero-order valence-corrected chi connectivity index (χ0v) is 13.3. The molecule has 0 aliphatic rings. The summed E-state index contributed by atoms with van der Waals surface area (Å²) in [5.74, 6) is -0.763. The fourth-order valence-electron chi connectivity index (χ4n) is 2.05. The normalized spacial score (nSPS) is 11.3. The van der Waals surface area contributed by atoms with Crippen LogP contribution in [0.3, 0.4) is 0 Å². The van der Waals surface area contributed by atoms with Gasteiger partial charge < -0.3 is 15.3 Å². The fraction of sp³-hybridized carbons (Fsp3) is 0.500. The standard InChI is InChI=1S/C16H24N2O3/c1-11(2)12-8-6-7-9-13(12)17-15(21)18(10-14(19)20)16(3,4)5/h6-9,11H,10H2,1-5H3,(H,17,21)(H,19,20). The Bertz CT molecular complexity index is 518. The minimum absolute atomic E-state index is 0.268. The number of carbonyl (C=O) groups excluding carboxylic acids is 1. The van der Waals surface area contributed by atoms with Crippen molar-refractivity contribution in [3.63, 3.8) is 0 Å². The van der Waals surface area contributed by atoms with E-state index in [1.54, 1.807) is 0 Å². The number of carboxylic acid groups (broad SMARTS) is 1. The van der Waals surface area contributed by atoms with Crippen LogP contribution in [0.25, 0.3) is 0 Å². The monoisotopic (exact) mass is 292 g/mol.